The van der Waals surface area contributed by atoms with Gasteiger partial charge in [0, 0.05) is 43.0 Å². The second-order valence-electron chi connectivity index (χ2n) is 7.47. The molecule has 2 atom stereocenters. The van der Waals surface area contributed by atoms with Crippen molar-refractivity contribution in [2.75, 3.05) is 26.2 Å². The molecule has 0 radical (unpaired) electrons. The molecule has 1 N–H and O–H groups in total. The average Bonchev–Trinajstić information content (AvgIpc) is 3.28. The van der Waals surface area contributed by atoms with Crippen LogP contribution in [0.15, 0.2) is 30.9 Å². The van der Waals surface area contributed by atoms with Crippen LogP contribution in [-0.2, 0) is 4.79 Å². The van der Waals surface area contributed by atoms with E-state index in [9.17, 15) is 9.59 Å². The fourth-order valence-electron chi connectivity index (χ4n) is 4.05. The maximum absolute atomic E-state index is 13.0. The van der Waals surface area contributed by atoms with E-state index in [1.165, 1.54) is 6.33 Å². The molecule has 1 spiro atoms. The van der Waals surface area contributed by atoms with Crippen LogP contribution in [0.1, 0.15) is 28.2 Å². The van der Waals surface area contributed by atoms with Crippen LogP contribution < -0.4 is 10.1 Å². The zero-order valence-corrected chi connectivity index (χ0v) is 16.0. The fraction of sp³-hybridized carbons (Fsp3) is 0.450. The molecular formula is C20H23N5O3. The minimum absolute atomic E-state index is 0.00169. The van der Waals surface area contributed by atoms with Crippen LogP contribution in [0.5, 0.6) is 5.75 Å². The third-order valence-electron chi connectivity index (χ3n) is 5.96. The van der Waals surface area contributed by atoms with E-state index in [2.05, 4.69) is 20.3 Å². The summed E-state index contributed by atoms with van der Waals surface area (Å²) in [7, 11) is 0. The van der Waals surface area contributed by atoms with Crippen molar-refractivity contribution >= 4 is 11.8 Å². The number of aryl methyl sites for hydroxylation is 1. The molecule has 2 aliphatic heterocycles. The van der Waals surface area contributed by atoms with Crippen molar-refractivity contribution < 1.29 is 14.3 Å². The molecule has 4 heterocycles. The van der Waals surface area contributed by atoms with Gasteiger partial charge in [-0.25, -0.2) is 9.97 Å². The monoisotopic (exact) mass is 381 g/mol. The Morgan fingerprint density at radius 2 is 2.25 bits per heavy atom. The number of carbonyl (C=O) groups excluding carboxylic acids is 2. The van der Waals surface area contributed by atoms with E-state index >= 15 is 0 Å². The summed E-state index contributed by atoms with van der Waals surface area (Å²) < 4.78 is 5.86. The van der Waals surface area contributed by atoms with Gasteiger partial charge in [-0.05, 0) is 32.4 Å². The van der Waals surface area contributed by atoms with Crippen LogP contribution >= 0.6 is 0 Å². The highest BCUT2D eigenvalue weighted by molar-refractivity contribution is 5.95. The van der Waals surface area contributed by atoms with Crippen molar-refractivity contribution in [1.29, 1.82) is 0 Å². The first-order valence-corrected chi connectivity index (χ1v) is 9.40. The number of nitrogens with one attached hydrogen (secondary N) is 1. The molecule has 0 unspecified atom stereocenters. The van der Waals surface area contributed by atoms with Crippen LogP contribution in [0.25, 0.3) is 0 Å². The maximum atomic E-state index is 13.0. The Morgan fingerprint density at radius 1 is 1.39 bits per heavy atom. The second kappa shape index (κ2) is 7.18. The molecule has 28 heavy (non-hydrogen) atoms. The van der Waals surface area contributed by atoms with Gasteiger partial charge in [-0.1, -0.05) is 0 Å². The molecule has 0 aromatic carbocycles. The summed E-state index contributed by atoms with van der Waals surface area (Å²) >= 11 is 0. The summed E-state index contributed by atoms with van der Waals surface area (Å²) in [5.74, 6) is 0.519. The summed E-state index contributed by atoms with van der Waals surface area (Å²) in [6.07, 6.45) is 5.37. The molecule has 2 fully saturated rings. The van der Waals surface area contributed by atoms with Gasteiger partial charge in [-0.2, -0.15) is 0 Å². The molecule has 8 nitrogen and oxygen atoms in total. The molecular weight excluding hydrogens is 358 g/mol. The summed E-state index contributed by atoms with van der Waals surface area (Å²) in [6, 6.07) is 3.65. The zero-order chi connectivity index (χ0) is 19.7. The van der Waals surface area contributed by atoms with E-state index in [1.807, 2.05) is 26.0 Å². The van der Waals surface area contributed by atoms with Gasteiger partial charge in [0.1, 0.15) is 17.8 Å². The Hall–Kier alpha value is -3.03. The minimum atomic E-state index is -0.617. The lowest BCUT2D eigenvalue weighted by Gasteiger charge is -2.28. The Labute approximate surface area is 163 Å². The summed E-state index contributed by atoms with van der Waals surface area (Å²) in [6.45, 7) is 5.56. The van der Waals surface area contributed by atoms with Gasteiger partial charge in [0.05, 0.1) is 18.2 Å². The van der Waals surface area contributed by atoms with E-state index in [0.717, 1.165) is 11.3 Å². The minimum Gasteiger partial charge on any atom is -0.492 e. The van der Waals surface area contributed by atoms with E-state index < -0.39 is 5.41 Å². The van der Waals surface area contributed by atoms with Crippen molar-refractivity contribution in [3.05, 3.63) is 47.8 Å². The molecule has 2 aromatic rings. The number of ether oxygens (including phenoxy) is 1. The number of nitrogens with zero attached hydrogens (tertiary/aromatic N) is 4. The highest BCUT2D eigenvalue weighted by Crippen LogP contribution is 2.42. The summed E-state index contributed by atoms with van der Waals surface area (Å²) in [5, 5.41) is 2.96. The quantitative estimate of drug-likeness (QED) is 0.853. The third kappa shape index (κ3) is 3.08. The smallest absolute Gasteiger partial charge is 0.272 e. The Morgan fingerprint density at radius 3 is 3.04 bits per heavy atom. The van der Waals surface area contributed by atoms with Gasteiger partial charge in [-0.15, -0.1) is 0 Å². The van der Waals surface area contributed by atoms with Crippen LogP contribution in [-0.4, -0.2) is 57.9 Å². The van der Waals surface area contributed by atoms with Crippen LogP contribution in [0.3, 0.4) is 0 Å². The lowest BCUT2D eigenvalue weighted by atomic mass is 9.77. The standard InChI is InChI=1S/C20H23N5O3/c1-13-14(2)23-12-24-17(13)18(26)25-7-5-20(11-25)15(8-22-19(20)27)10-28-16-4-3-6-21-9-16/h3-4,6,9,12,15H,5,7-8,10-11H2,1-2H3,(H,22,27)/t15-,20-/m1/s1. The predicted octanol–water partition coefficient (Wildman–Crippen LogP) is 1.15. The lowest BCUT2D eigenvalue weighted by molar-refractivity contribution is -0.128. The van der Waals surface area contributed by atoms with Gasteiger partial charge in [-0.3, -0.25) is 14.6 Å². The number of likely N-dealkylation sites (tertiary alicyclic amines) is 1. The van der Waals surface area contributed by atoms with E-state index in [-0.39, 0.29) is 17.7 Å². The van der Waals surface area contributed by atoms with E-state index in [1.54, 1.807) is 17.3 Å². The lowest BCUT2D eigenvalue weighted by Crippen LogP contribution is -2.41. The Kier molecular flexibility index (Phi) is 4.70. The number of amides is 2. The van der Waals surface area contributed by atoms with Gasteiger partial charge >= 0.3 is 0 Å². The fourth-order valence-corrected chi connectivity index (χ4v) is 4.05. The third-order valence-corrected chi connectivity index (χ3v) is 5.96. The summed E-state index contributed by atoms with van der Waals surface area (Å²) in [5.41, 5.74) is 1.36. The molecule has 4 rings (SSSR count). The Balaban J connectivity index is 1.50. The molecule has 2 aliphatic rings. The topological polar surface area (TPSA) is 97.3 Å². The van der Waals surface area contributed by atoms with Crippen molar-refractivity contribution in [2.45, 2.75) is 20.3 Å². The molecule has 0 bridgehead atoms. The van der Waals surface area contributed by atoms with Gasteiger partial charge in [0.15, 0.2) is 0 Å². The SMILES string of the molecule is Cc1ncnc(C(=O)N2CC[C@]3(C2)C(=O)NC[C@@H]3COc2cccnc2)c1C. The highest BCUT2D eigenvalue weighted by atomic mass is 16.5. The summed E-state index contributed by atoms with van der Waals surface area (Å²) in [4.78, 5) is 39.8. The van der Waals surface area contributed by atoms with Crippen LogP contribution in [0.2, 0.25) is 0 Å². The zero-order valence-electron chi connectivity index (χ0n) is 16.0. The normalized spacial score (nSPS) is 23.9. The number of hydrogen-bond donors (Lipinski definition) is 1. The second-order valence-corrected chi connectivity index (χ2v) is 7.47. The van der Waals surface area contributed by atoms with Crippen LogP contribution in [0.4, 0.5) is 0 Å². The number of pyridine rings is 1. The molecule has 2 saturated heterocycles. The molecule has 8 heteroatoms. The van der Waals surface area contributed by atoms with Gasteiger partial charge < -0.3 is 15.0 Å². The van der Waals surface area contributed by atoms with E-state index in [4.69, 9.17) is 4.74 Å². The van der Waals surface area contributed by atoms with E-state index in [0.29, 0.717) is 44.1 Å². The molecule has 146 valence electrons. The first kappa shape index (κ1) is 18.3. The molecule has 0 saturated carbocycles. The highest BCUT2D eigenvalue weighted by Gasteiger charge is 2.55. The average molecular weight is 381 g/mol. The Bertz CT molecular complexity index is 904. The molecule has 0 aliphatic carbocycles. The first-order chi connectivity index (χ1) is 13.5. The predicted molar refractivity (Wildman–Crippen MR) is 101 cm³/mol. The number of carbonyl (C=O) groups is 2. The van der Waals surface area contributed by atoms with Crippen molar-refractivity contribution in [1.82, 2.24) is 25.2 Å². The molecule has 2 aromatic heterocycles. The largest absolute Gasteiger partial charge is 0.492 e. The number of hydrogen-bond acceptors (Lipinski definition) is 6. The first-order valence-electron chi connectivity index (χ1n) is 9.40. The van der Waals surface area contributed by atoms with Crippen molar-refractivity contribution in [3.63, 3.8) is 0 Å². The van der Waals surface area contributed by atoms with Gasteiger partial charge in [0.25, 0.3) is 5.91 Å². The molecule has 2 amide bonds. The number of aromatic nitrogens is 3. The van der Waals surface area contributed by atoms with Gasteiger partial charge in [0.2, 0.25) is 5.91 Å². The maximum Gasteiger partial charge on any atom is 0.272 e. The van der Waals surface area contributed by atoms with Crippen LogP contribution in [0, 0.1) is 25.2 Å². The number of rotatable bonds is 4. The van der Waals surface area contributed by atoms with Crippen molar-refractivity contribution in [2.24, 2.45) is 11.3 Å². The van der Waals surface area contributed by atoms with Crippen molar-refractivity contribution in [3.8, 4) is 5.75 Å².